The van der Waals surface area contributed by atoms with E-state index in [-0.39, 0.29) is 0 Å². The van der Waals surface area contributed by atoms with E-state index in [0.717, 1.165) is 18.2 Å². The average Bonchev–Trinajstić information content (AvgIpc) is 2.03. The first-order chi connectivity index (χ1) is 5.41. The van der Waals surface area contributed by atoms with Gasteiger partial charge >= 0.3 is 0 Å². The third kappa shape index (κ3) is 10.4. The van der Waals surface area contributed by atoms with Crippen LogP contribution in [-0.2, 0) is 13.9 Å². The highest BCUT2D eigenvalue weighted by Crippen LogP contribution is 1.91. The Hall–Kier alpha value is 0.447. The van der Waals surface area contributed by atoms with E-state index in [2.05, 4.69) is 17.4 Å². The maximum Gasteiger partial charge on any atom is 0.232 e. The highest BCUT2D eigenvalue weighted by molar-refractivity contribution is 7.80. The first-order valence-corrected chi connectivity index (χ1v) is 5.18. The summed E-state index contributed by atoms with van der Waals surface area (Å²) in [6, 6.07) is 1.07. The van der Waals surface area contributed by atoms with E-state index in [1.54, 1.807) is 7.11 Å². The maximum absolute atomic E-state index is 5.13. The van der Waals surface area contributed by atoms with Crippen LogP contribution in [0.5, 0.6) is 0 Å². The summed E-state index contributed by atoms with van der Waals surface area (Å²) in [4.78, 5) is 0. The Morgan fingerprint density at radius 1 is 1.36 bits per heavy atom. The number of hydrogen-bond acceptors (Lipinski definition) is 4. The molecular formula is C6H14O3SSi. The average molecular weight is 194 g/mol. The van der Waals surface area contributed by atoms with Crippen LogP contribution >= 0.6 is 12.6 Å². The fraction of sp³-hybridized carbons (Fsp3) is 1.00. The normalized spacial score (nSPS) is 10.4. The lowest BCUT2D eigenvalue weighted by molar-refractivity contribution is -0.0833. The first kappa shape index (κ1) is 11.4. The summed E-state index contributed by atoms with van der Waals surface area (Å²) in [5, 5.41) is 0. The van der Waals surface area contributed by atoms with Crippen molar-refractivity contribution in [1.82, 2.24) is 0 Å². The van der Waals surface area contributed by atoms with E-state index < -0.39 is 0 Å². The molecule has 0 N–H and O–H groups in total. The Morgan fingerprint density at radius 3 is 2.82 bits per heavy atom. The van der Waals surface area contributed by atoms with Gasteiger partial charge in [0.1, 0.15) is 13.6 Å². The lowest BCUT2D eigenvalue weighted by Crippen LogP contribution is -2.05. The van der Waals surface area contributed by atoms with Gasteiger partial charge in [-0.15, -0.1) is 0 Å². The molecule has 0 saturated heterocycles. The van der Waals surface area contributed by atoms with E-state index in [4.69, 9.17) is 9.16 Å². The van der Waals surface area contributed by atoms with Gasteiger partial charge in [0, 0.05) is 7.11 Å². The third-order valence-electron chi connectivity index (χ3n) is 0.882. The Bertz CT molecular complexity index is 66.8. The fourth-order valence-electron chi connectivity index (χ4n) is 0.424. The second kappa shape index (κ2) is 10.4. The molecule has 0 spiro atoms. The molecule has 0 aliphatic carbocycles. The van der Waals surface area contributed by atoms with E-state index >= 15 is 0 Å². The minimum Gasteiger partial charge on any atom is -0.395 e. The standard InChI is InChI=1S/C6H14O3SSi/c1-7-5-8-6-9-11-4-2-3-10/h10H,2-6H2,1H3. The largest absolute Gasteiger partial charge is 0.395 e. The second-order valence-corrected chi connectivity index (χ2v) is 3.37. The molecule has 0 aliphatic rings. The van der Waals surface area contributed by atoms with Crippen molar-refractivity contribution in [1.29, 1.82) is 0 Å². The van der Waals surface area contributed by atoms with Crippen LogP contribution in [-0.4, -0.2) is 36.2 Å². The number of methoxy groups -OCH3 is 1. The molecule has 3 nitrogen and oxygen atoms in total. The van der Waals surface area contributed by atoms with Crippen molar-refractivity contribution in [3.05, 3.63) is 0 Å². The molecule has 0 bridgehead atoms. The van der Waals surface area contributed by atoms with Crippen LogP contribution in [0.2, 0.25) is 6.04 Å². The molecular weight excluding hydrogens is 180 g/mol. The van der Waals surface area contributed by atoms with Crippen molar-refractivity contribution in [2.75, 3.05) is 26.4 Å². The molecule has 0 aromatic rings. The minimum absolute atomic E-state index is 0.303. The molecule has 0 unspecified atom stereocenters. The maximum atomic E-state index is 5.13. The zero-order valence-corrected chi connectivity index (χ0v) is 8.60. The molecule has 66 valence electrons. The summed E-state index contributed by atoms with van der Waals surface area (Å²) in [6.07, 6.45) is 1.10. The highest BCUT2D eigenvalue weighted by Gasteiger charge is 1.90. The van der Waals surface area contributed by atoms with Crippen LogP contribution in [0.4, 0.5) is 0 Å². The Morgan fingerprint density at radius 2 is 2.18 bits per heavy atom. The van der Waals surface area contributed by atoms with Crippen molar-refractivity contribution >= 4 is 22.4 Å². The van der Waals surface area contributed by atoms with Gasteiger partial charge in [-0.2, -0.15) is 12.6 Å². The van der Waals surface area contributed by atoms with Gasteiger partial charge in [0.15, 0.2) is 0 Å². The number of thiol groups is 1. The smallest absolute Gasteiger partial charge is 0.232 e. The molecule has 0 saturated carbocycles. The quantitative estimate of drug-likeness (QED) is 0.270. The monoisotopic (exact) mass is 194 g/mol. The zero-order valence-electron chi connectivity index (χ0n) is 6.71. The number of hydrogen-bond donors (Lipinski definition) is 1. The number of rotatable bonds is 8. The molecule has 0 aromatic heterocycles. The van der Waals surface area contributed by atoms with E-state index in [1.807, 2.05) is 0 Å². The van der Waals surface area contributed by atoms with Crippen LogP contribution in [0.25, 0.3) is 0 Å². The van der Waals surface area contributed by atoms with Gasteiger partial charge in [-0.1, -0.05) is 0 Å². The van der Waals surface area contributed by atoms with Crippen LogP contribution in [0.15, 0.2) is 0 Å². The second-order valence-electron chi connectivity index (χ2n) is 1.84. The molecule has 0 fully saturated rings. The van der Waals surface area contributed by atoms with Gasteiger partial charge in [-0.05, 0) is 18.2 Å². The minimum atomic E-state index is 0.303. The van der Waals surface area contributed by atoms with Crippen molar-refractivity contribution in [2.24, 2.45) is 0 Å². The summed E-state index contributed by atoms with van der Waals surface area (Å²) in [6.45, 7) is 0.635. The lowest BCUT2D eigenvalue weighted by Gasteiger charge is -2.02. The van der Waals surface area contributed by atoms with Crippen molar-refractivity contribution < 1.29 is 13.9 Å². The van der Waals surface area contributed by atoms with Gasteiger partial charge in [0.05, 0.1) is 0 Å². The Labute approximate surface area is 75.8 Å². The molecule has 0 amide bonds. The van der Waals surface area contributed by atoms with Gasteiger partial charge in [-0.25, -0.2) is 0 Å². The van der Waals surface area contributed by atoms with Gasteiger partial charge in [0.25, 0.3) is 0 Å². The summed E-state index contributed by atoms with van der Waals surface area (Å²) >= 11 is 4.08. The van der Waals surface area contributed by atoms with E-state index in [0.29, 0.717) is 23.3 Å². The lowest BCUT2D eigenvalue weighted by atomic mass is 10.6. The molecule has 0 atom stereocenters. The number of ether oxygens (including phenoxy) is 2. The van der Waals surface area contributed by atoms with Crippen LogP contribution in [0, 0.1) is 0 Å². The van der Waals surface area contributed by atoms with Gasteiger partial charge in [-0.3, -0.25) is 0 Å². The predicted octanol–water partition coefficient (Wildman–Crippen LogP) is 0.938. The Kier molecular flexibility index (Phi) is 10.9. The summed E-state index contributed by atoms with van der Waals surface area (Å²) < 4.78 is 14.7. The fourth-order valence-corrected chi connectivity index (χ4v) is 1.51. The molecule has 2 radical (unpaired) electrons. The van der Waals surface area contributed by atoms with E-state index in [9.17, 15) is 0 Å². The molecule has 5 heteroatoms. The highest BCUT2D eigenvalue weighted by atomic mass is 32.1. The van der Waals surface area contributed by atoms with Gasteiger partial charge < -0.3 is 13.9 Å². The summed E-state index contributed by atoms with van der Waals surface area (Å²) in [5.41, 5.74) is 0. The first-order valence-electron chi connectivity index (χ1n) is 3.44. The molecule has 0 heterocycles. The van der Waals surface area contributed by atoms with Gasteiger partial charge in [0.2, 0.25) is 9.76 Å². The topological polar surface area (TPSA) is 27.7 Å². The predicted molar refractivity (Wildman–Crippen MR) is 47.9 cm³/mol. The summed E-state index contributed by atoms with van der Waals surface area (Å²) in [7, 11) is 2.11. The Balaban J connectivity index is 2.69. The van der Waals surface area contributed by atoms with Crippen molar-refractivity contribution in [3.8, 4) is 0 Å². The SMILES string of the molecule is COCOCO[Si]CCCS. The molecule has 0 aliphatic heterocycles. The molecule has 0 aromatic carbocycles. The van der Waals surface area contributed by atoms with Crippen molar-refractivity contribution in [2.45, 2.75) is 12.5 Å². The molecule has 11 heavy (non-hydrogen) atoms. The molecule has 0 rings (SSSR count). The third-order valence-corrected chi connectivity index (χ3v) is 2.08. The zero-order chi connectivity index (χ0) is 8.36. The summed E-state index contributed by atoms with van der Waals surface area (Å²) in [5.74, 6) is 0.926. The van der Waals surface area contributed by atoms with Crippen molar-refractivity contribution in [3.63, 3.8) is 0 Å². The van der Waals surface area contributed by atoms with E-state index in [1.165, 1.54) is 0 Å². The van der Waals surface area contributed by atoms with Crippen LogP contribution < -0.4 is 0 Å². The van der Waals surface area contributed by atoms with Crippen LogP contribution in [0.3, 0.4) is 0 Å². The van der Waals surface area contributed by atoms with Crippen LogP contribution in [0.1, 0.15) is 6.42 Å².